The lowest BCUT2D eigenvalue weighted by atomic mass is 10.2. The minimum absolute atomic E-state index is 0.0999. The van der Waals surface area contributed by atoms with E-state index in [0.717, 1.165) is 19.4 Å². The summed E-state index contributed by atoms with van der Waals surface area (Å²) < 4.78 is 7.06. The van der Waals surface area contributed by atoms with E-state index in [-0.39, 0.29) is 12.0 Å². The Bertz CT molecular complexity index is 680. The lowest BCUT2D eigenvalue weighted by Crippen LogP contribution is -2.32. The van der Waals surface area contributed by atoms with Gasteiger partial charge in [0.1, 0.15) is 0 Å². The first-order chi connectivity index (χ1) is 10.7. The average Bonchev–Trinajstić information content (AvgIpc) is 3.15. The first-order valence-corrected chi connectivity index (χ1v) is 7.61. The number of benzene rings is 1. The van der Waals surface area contributed by atoms with Crippen molar-refractivity contribution in [2.45, 2.75) is 25.9 Å². The molecule has 116 valence electrons. The van der Waals surface area contributed by atoms with Gasteiger partial charge in [-0.1, -0.05) is 28.9 Å². The monoisotopic (exact) mass is 320 g/mol. The fraction of sp³-hybridized carbons (Fsp3) is 0.400. The molecule has 0 spiro atoms. The van der Waals surface area contributed by atoms with Gasteiger partial charge in [-0.3, -0.25) is 4.79 Å². The SMILES string of the molecule is Cc1c(C(=O)NC[C@H]2CCCO2)nnn1-c1ccccc1Cl. The molecule has 7 heteroatoms. The second-order valence-corrected chi connectivity index (χ2v) is 5.64. The van der Waals surface area contributed by atoms with Crippen LogP contribution < -0.4 is 5.32 Å². The number of hydrogen-bond donors (Lipinski definition) is 1. The van der Waals surface area contributed by atoms with Crippen molar-refractivity contribution in [2.24, 2.45) is 0 Å². The van der Waals surface area contributed by atoms with Gasteiger partial charge in [0.2, 0.25) is 0 Å². The summed E-state index contributed by atoms with van der Waals surface area (Å²) in [4.78, 5) is 12.2. The van der Waals surface area contributed by atoms with Crippen LogP contribution in [0, 0.1) is 6.92 Å². The van der Waals surface area contributed by atoms with Crippen LogP contribution >= 0.6 is 11.6 Å². The van der Waals surface area contributed by atoms with Gasteiger partial charge in [-0.15, -0.1) is 5.10 Å². The van der Waals surface area contributed by atoms with E-state index in [2.05, 4.69) is 15.6 Å². The third-order valence-corrected chi connectivity index (χ3v) is 4.02. The fourth-order valence-electron chi connectivity index (χ4n) is 2.49. The number of aromatic nitrogens is 3. The van der Waals surface area contributed by atoms with Gasteiger partial charge in [0.25, 0.3) is 5.91 Å². The number of nitrogens with one attached hydrogen (secondary N) is 1. The number of ether oxygens (including phenoxy) is 1. The molecular weight excluding hydrogens is 304 g/mol. The summed E-state index contributed by atoms with van der Waals surface area (Å²) in [6.45, 7) is 3.06. The summed E-state index contributed by atoms with van der Waals surface area (Å²) in [6.07, 6.45) is 2.12. The lowest BCUT2D eigenvalue weighted by molar-refractivity contribution is 0.0853. The maximum atomic E-state index is 12.2. The van der Waals surface area contributed by atoms with Crippen molar-refractivity contribution in [1.29, 1.82) is 0 Å². The zero-order valence-electron chi connectivity index (χ0n) is 12.3. The largest absolute Gasteiger partial charge is 0.376 e. The number of rotatable bonds is 4. The Hall–Kier alpha value is -1.92. The molecule has 1 aliphatic rings. The van der Waals surface area contributed by atoms with Gasteiger partial charge in [0.05, 0.1) is 22.5 Å². The minimum Gasteiger partial charge on any atom is -0.376 e. The van der Waals surface area contributed by atoms with Gasteiger partial charge in [-0.05, 0) is 31.9 Å². The van der Waals surface area contributed by atoms with E-state index in [9.17, 15) is 4.79 Å². The van der Waals surface area contributed by atoms with E-state index < -0.39 is 0 Å². The van der Waals surface area contributed by atoms with Crippen LogP contribution in [0.3, 0.4) is 0 Å². The van der Waals surface area contributed by atoms with Crippen molar-refractivity contribution >= 4 is 17.5 Å². The van der Waals surface area contributed by atoms with E-state index >= 15 is 0 Å². The van der Waals surface area contributed by atoms with Crippen LogP contribution in [0.2, 0.25) is 5.02 Å². The molecule has 0 aliphatic carbocycles. The van der Waals surface area contributed by atoms with E-state index in [1.165, 1.54) is 0 Å². The van der Waals surface area contributed by atoms with Crippen molar-refractivity contribution in [1.82, 2.24) is 20.3 Å². The highest BCUT2D eigenvalue weighted by Gasteiger charge is 2.21. The normalized spacial score (nSPS) is 17.6. The molecule has 22 heavy (non-hydrogen) atoms. The molecule has 0 bridgehead atoms. The number of para-hydroxylation sites is 1. The van der Waals surface area contributed by atoms with E-state index in [1.54, 1.807) is 17.7 Å². The van der Waals surface area contributed by atoms with Gasteiger partial charge in [0, 0.05) is 13.2 Å². The molecule has 1 atom stereocenters. The Morgan fingerprint density at radius 2 is 2.32 bits per heavy atom. The fourth-order valence-corrected chi connectivity index (χ4v) is 2.70. The number of hydrogen-bond acceptors (Lipinski definition) is 4. The molecule has 1 saturated heterocycles. The van der Waals surface area contributed by atoms with Crippen LogP contribution in [-0.2, 0) is 4.74 Å². The highest BCUT2D eigenvalue weighted by Crippen LogP contribution is 2.21. The van der Waals surface area contributed by atoms with Gasteiger partial charge >= 0.3 is 0 Å². The summed E-state index contributed by atoms with van der Waals surface area (Å²) in [5.41, 5.74) is 1.66. The molecule has 1 aromatic carbocycles. The van der Waals surface area contributed by atoms with Crippen molar-refractivity contribution in [3.63, 3.8) is 0 Å². The molecule has 1 fully saturated rings. The quantitative estimate of drug-likeness (QED) is 0.937. The van der Waals surface area contributed by atoms with Crippen LogP contribution in [0.4, 0.5) is 0 Å². The van der Waals surface area contributed by atoms with Gasteiger partial charge < -0.3 is 10.1 Å². The molecule has 0 unspecified atom stereocenters. The Kier molecular flexibility index (Phi) is 4.40. The third-order valence-electron chi connectivity index (χ3n) is 3.70. The second kappa shape index (κ2) is 6.46. The van der Waals surface area contributed by atoms with Gasteiger partial charge in [-0.25, -0.2) is 4.68 Å². The van der Waals surface area contributed by atoms with Crippen molar-refractivity contribution in [3.8, 4) is 5.69 Å². The van der Waals surface area contributed by atoms with Crippen LogP contribution in [-0.4, -0.2) is 40.2 Å². The molecule has 2 aromatic rings. The highest BCUT2D eigenvalue weighted by molar-refractivity contribution is 6.32. The van der Waals surface area contributed by atoms with Crippen LogP contribution in [0.5, 0.6) is 0 Å². The molecule has 1 aromatic heterocycles. The summed E-state index contributed by atoms with van der Waals surface area (Å²) in [6, 6.07) is 7.31. The number of nitrogens with zero attached hydrogens (tertiary/aromatic N) is 3. The molecule has 2 heterocycles. The van der Waals surface area contributed by atoms with Gasteiger partial charge in [0.15, 0.2) is 5.69 Å². The molecule has 1 amide bonds. The minimum atomic E-state index is -0.244. The first kappa shape index (κ1) is 15.0. The van der Waals surface area contributed by atoms with Crippen LogP contribution in [0.15, 0.2) is 24.3 Å². The second-order valence-electron chi connectivity index (χ2n) is 5.23. The summed E-state index contributed by atoms with van der Waals surface area (Å²) in [5, 5.41) is 11.4. The van der Waals surface area contributed by atoms with Crippen molar-refractivity contribution < 1.29 is 9.53 Å². The Morgan fingerprint density at radius 1 is 1.50 bits per heavy atom. The maximum Gasteiger partial charge on any atom is 0.273 e. The molecule has 0 saturated carbocycles. The Labute approximate surface area is 133 Å². The van der Waals surface area contributed by atoms with E-state index in [4.69, 9.17) is 16.3 Å². The van der Waals surface area contributed by atoms with E-state index in [0.29, 0.717) is 28.6 Å². The number of carbonyl (C=O) groups excluding carboxylic acids is 1. The van der Waals surface area contributed by atoms with Crippen molar-refractivity contribution in [3.05, 3.63) is 40.7 Å². The zero-order chi connectivity index (χ0) is 15.5. The molecule has 0 radical (unpaired) electrons. The molecule has 6 nitrogen and oxygen atoms in total. The third kappa shape index (κ3) is 2.98. The standard InChI is InChI=1S/C15H17ClN4O2/c1-10-14(15(21)17-9-11-5-4-8-22-11)18-19-20(10)13-7-3-2-6-12(13)16/h2-3,6-7,11H,4-5,8-9H2,1H3,(H,17,21)/t11-/m1/s1. The summed E-state index contributed by atoms with van der Waals surface area (Å²) in [7, 11) is 0. The Morgan fingerprint density at radius 3 is 3.05 bits per heavy atom. The average molecular weight is 321 g/mol. The molecular formula is C15H17ClN4O2. The predicted octanol–water partition coefficient (Wildman–Crippen LogP) is 2.14. The molecule has 1 N–H and O–H groups in total. The van der Waals surface area contributed by atoms with Crippen LogP contribution in [0.25, 0.3) is 5.69 Å². The van der Waals surface area contributed by atoms with Crippen molar-refractivity contribution in [2.75, 3.05) is 13.2 Å². The maximum absolute atomic E-state index is 12.2. The first-order valence-electron chi connectivity index (χ1n) is 7.24. The number of carbonyl (C=O) groups is 1. The summed E-state index contributed by atoms with van der Waals surface area (Å²) in [5.74, 6) is -0.244. The molecule has 1 aliphatic heterocycles. The van der Waals surface area contributed by atoms with Crippen LogP contribution in [0.1, 0.15) is 29.0 Å². The zero-order valence-corrected chi connectivity index (χ0v) is 13.0. The lowest BCUT2D eigenvalue weighted by Gasteiger charge is -2.10. The topological polar surface area (TPSA) is 69.0 Å². The summed E-state index contributed by atoms with van der Waals surface area (Å²) >= 11 is 6.16. The van der Waals surface area contributed by atoms with E-state index in [1.807, 2.05) is 18.2 Å². The predicted molar refractivity (Wildman–Crippen MR) is 82.4 cm³/mol. The number of amides is 1. The smallest absolute Gasteiger partial charge is 0.273 e. The highest BCUT2D eigenvalue weighted by atomic mass is 35.5. The number of halogens is 1. The molecule has 3 rings (SSSR count). The van der Waals surface area contributed by atoms with Gasteiger partial charge in [-0.2, -0.15) is 0 Å². The Balaban J connectivity index is 1.75.